The van der Waals surface area contributed by atoms with Crippen LogP contribution < -0.4 is 14.9 Å². The largest absolute Gasteiger partial charge is 0.504 e. The molecule has 8 nitrogen and oxygen atoms in total. The Hall–Kier alpha value is -3.55. The molecule has 0 aromatic heterocycles. The zero-order valence-electron chi connectivity index (χ0n) is 15.0. The first kappa shape index (κ1) is 19.8. The van der Waals surface area contributed by atoms with Gasteiger partial charge in [0, 0.05) is 0 Å². The fourth-order valence-electron chi connectivity index (χ4n) is 2.05. The van der Waals surface area contributed by atoms with E-state index in [2.05, 4.69) is 10.5 Å². The lowest BCUT2D eigenvalue weighted by Crippen LogP contribution is -2.24. The quantitative estimate of drug-likeness (QED) is 0.418. The number of amides is 1. The summed E-state index contributed by atoms with van der Waals surface area (Å²) in [6, 6.07) is 11.0. The number of carbonyl (C=O) groups is 2. The summed E-state index contributed by atoms with van der Waals surface area (Å²) in [4.78, 5) is 23.3. The zero-order chi connectivity index (χ0) is 19.6. The standard InChI is InChI=1S/C19H20N2O6/c1-3-26-19(24)14-5-7-15(8-6-14)27-12-18(23)21-20-11-13-4-9-17(25-2)16(22)10-13/h4-11,22H,3,12H2,1-2H3,(H,21,23). The molecule has 0 radical (unpaired) electrons. The van der Waals surface area contributed by atoms with Gasteiger partial charge < -0.3 is 19.3 Å². The number of hydrogen-bond donors (Lipinski definition) is 2. The molecule has 0 aliphatic heterocycles. The molecule has 142 valence electrons. The maximum atomic E-state index is 11.7. The van der Waals surface area contributed by atoms with E-state index in [0.717, 1.165) is 0 Å². The first-order valence-electron chi connectivity index (χ1n) is 8.12. The van der Waals surface area contributed by atoms with Crippen LogP contribution in [-0.2, 0) is 9.53 Å². The van der Waals surface area contributed by atoms with Crippen molar-refractivity contribution < 1.29 is 28.9 Å². The van der Waals surface area contributed by atoms with Crippen LogP contribution in [0, 0.1) is 0 Å². The van der Waals surface area contributed by atoms with Crippen LogP contribution in [0.3, 0.4) is 0 Å². The molecular formula is C19H20N2O6. The molecule has 2 aromatic rings. The molecule has 2 aromatic carbocycles. The number of nitrogens with one attached hydrogen (secondary N) is 1. The van der Waals surface area contributed by atoms with Gasteiger partial charge in [0.2, 0.25) is 0 Å². The smallest absolute Gasteiger partial charge is 0.338 e. The lowest BCUT2D eigenvalue weighted by atomic mass is 10.2. The predicted molar refractivity (Wildman–Crippen MR) is 98.3 cm³/mol. The minimum absolute atomic E-state index is 0.0256. The van der Waals surface area contributed by atoms with E-state index in [4.69, 9.17) is 14.2 Å². The van der Waals surface area contributed by atoms with Gasteiger partial charge in [-0.1, -0.05) is 0 Å². The van der Waals surface area contributed by atoms with Crippen molar-refractivity contribution in [3.05, 3.63) is 53.6 Å². The van der Waals surface area contributed by atoms with Gasteiger partial charge in [-0.2, -0.15) is 5.10 Å². The molecule has 2 N–H and O–H groups in total. The summed E-state index contributed by atoms with van der Waals surface area (Å²) in [5, 5.41) is 13.5. The molecule has 0 heterocycles. The Morgan fingerprint density at radius 1 is 1.19 bits per heavy atom. The number of hydrogen-bond acceptors (Lipinski definition) is 7. The minimum Gasteiger partial charge on any atom is -0.504 e. The van der Waals surface area contributed by atoms with Crippen LogP contribution in [0.2, 0.25) is 0 Å². The molecule has 8 heteroatoms. The Balaban J connectivity index is 1.80. The number of esters is 1. The van der Waals surface area contributed by atoms with Crippen molar-refractivity contribution >= 4 is 18.1 Å². The first-order valence-corrected chi connectivity index (χ1v) is 8.12. The number of nitrogens with zero attached hydrogens (tertiary/aromatic N) is 1. The third kappa shape index (κ3) is 6.03. The van der Waals surface area contributed by atoms with Gasteiger partial charge in [-0.05, 0) is 55.0 Å². The number of methoxy groups -OCH3 is 1. The lowest BCUT2D eigenvalue weighted by Gasteiger charge is -2.06. The normalized spacial score (nSPS) is 10.4. The van der Waals surface area contributed by atoms with Gasteiger partial charge in [0.05, 0.1) is 25.5 Å². The maximum Gasteiger partial charge on any atom is 0.338 e. The maximum absolute atomic E-state index is 11.7. The number of aromatic hydroxyl groups is 1. The number of hydrazone groups is 1. The molecule has 0 saturated carbocycles. The highest BCUT2D eigenvalue weighted by molar-refractivity contribution is 5.89. The Morgan fingerprint density at radius 2 is 1.93 bits per heavy atom. The minimum atomic E-state index is -0.460. The molecule has 0 aliphatic carbocycles. The number of carbonyl (C=O) groups excluding carboxylic acids is 2. The Morgan fingerprint density at radius 3 is 2.56 bits per heavy atom. The molecule has 27 heavy (non-hydrogen) atoms. The van der Waals surface area contributed by atoms with Gasteiger partial charge in [-0.15, -0.1) is 0 Å². The van der Waals surface area contributed by atoms with Crippen LogP contribution in [0.25, 0.3) is 0 Å². The Labute approximate surface area is 156 Å². The summed E-state index contributed by atoms with van der Waals surface area (Å²) in [6.45, 7) is 1.78. The second-order valence-corrected chi connectivity index (χ2v) is 5.26. The molecule has 1 amide bonds. The van der Waals surface area contributed by atoms with E-state index in [9.17, 15) is 14.7 Å². The number of phenolic OH excluding ortho intramolecular Hbond substituents is 1. The van der Waals surface area contributed by atoms with Crippen LogP contribution in [0.5, 0.6) is 17.2 Å². The fraction of sp³-hybridized carbons (Fsp3) is 0.211. The van der Waals surface area contributed by atoms with Gasteiger partial charge in [-0.25, -0.2) is 10.2 Å². The van der Waals surface area contributed by atoms with E-state index in [1.165, 1.54) is 19.4 Å². The third-order valence-corrected chi connectivity index (χ3v) is 3.34. The van der Waals surface area contributed by atoms with E-state index in [-0.39, 0.29) is 12.4 Å². The average Bonchev–Trinajstić information content (AvgIpc) is 2.67. The second kappa shape index (κ2) is 9.81. The summed E-state index contributed by atoms with van der Waals surface area (Å²) in [6.07, 6.45) is 1.38. The molecule has 0 unspecified atom stereocenters. The van der Waals surface area contributed by atoms with Crippen LogP contribution in [0.4, 0.5) is 0 Å². The highest BCUT2D eigenvalue weighted by Gasteiger charge is 2.07. The van der Waals surface area contributed by atoms with Crippen LogP contribution in [0.15, 0.2) is 47.6 Å². The number of rotatable bonds is 8. The summed E-state index contributed by atoms with van der Waals surface area (Å²) < 4.78 is 15.1. The summed E-state index contributed by atoms with van der Waals surface area (Å²) in [5.74, 6) is -0.123. The van der Waals surface area contributed by atoms with Crippen molar-refractivity contribution in [1.29, 1.82) is 0 Å². The lowest BCUT2D eigenvalue weighted by molar-refractivity contribution is -0.123. The highest BCUT2D eigenvalue weighted by Crippen LogP contribution is 2.25. The van der Waals surface area contributed by atoms with Crippen molar-refractivity contribution in [2.75, 3.05) is 20.3 Å². The first-order chi connectivity index (χ1) is 13.0. The molecule has 0 bridgehead atoms. The monoisotopic (exact) mass is 372 g/mol. The number of ether oxygens (including phenoxy) is 3. The van der Waals surface area contributed by atoms with Gasteiger partial charge in [0.15, 0.2) is 18.1 Å². The summed E-state index contributed by atoms with van der Waals surface area (Å²) >= 11 is 0. The molecule has 0 aliphatic rings. The van der Waals surface area contributed by atoms with Gasteiger partial charge in [-0.3, -0.25) is 4.79 Å². The second-order valence-electron chi connectivity index (χ2n) is 5.26. The van der Waals surface area contributed by atoms with E-state index in [1.807, 2.05) is 0 Å². The Kier molecular flexibility index (Phi) is 7.18. The van der Waals surface area contributed by atoms with Crippen LogP contribution >= 0.6 is 0 Å². The third-order valence-electron chi connectivity index (χ3n) is 3.34. The van der Waals surface area contributed by atoms with Crippen LogP contribution in [0.1, 0.15) is 22.8 Å². The molecule has 2 rings (SSSR count). The highest BCUT2D eigenvalue weighted by atomic mass is 16.5. The van der Waals surface area contributed by atoms with E-state index < -0.39 is 11.9 Å². The number of phenols is 1. The van der Waals surface area contributed by atoms with Crippen molar-refractivity contribution in [3.8, 4) is 17.2 Å². The fourth-order valence-corrected chi connectivity index (χ4v) is 2.05. The summed E-state index contributed by atoms with van der Waals surface area (Å²) in [5.41, 5.74) is 3.31. The molecule has 0 fully saturated rings. The molecular weight excluding hydrogens is 352 g/mol. The SMILES string of the molecule is CCOC(=O)c1ccc(OCC(=O)NN=Cc2ccc(OC)c(O)c2)cc1. The topological polar surface area (TPSA) is 106 Å². The molecule has 0 saturated heterocycles. The van der Waals surface area contributed by atoms with Gasteiger partial charge >= 0.3 is 5.97 Å². The van der Waals surface area contributed by atoms with Crippen molar-refractivity contribution in [1.82, 2.24) is 5.43 Å². The summed E-state index contributed by atoms with van der Waals surface area (Å²) in [7, 11) is 1.45. The van der Waals surface area contributed by atoms with E-state index in [1.54, 1.807) is 43.3 Å². The van der Waals surface area contributed by atoms with Crippen molar-refractivity contribution in [2.24, 2.45) is 5.10 Å². The Bertz CT molecular complexity index is 817. The van der Waals surface area contributed by atoms with E-state index in [0.29, 0.717) is 29.2 Å². The zero-order valence-corrected chi connectivity index (χ0v) is 15.0. The van der Waals surface area contributed by atoms with Crippen molar-refractivity contribution in [3.63, 3.8) is 0 Å². The van der Waals surface area contributed by atoms with Crippen molar-refractivity contribution in [2.45, 2.75) is 6.92 Å². The van der Waals surface area contributed by atoms with Gasteiger partial charge in [0.1, 0.15) is 5.75 Å². The average molecular weight is 372 g/mol. The van der Waals surface area contributed by atoms with E-state index >= 15 is 0 Å². The van der Waals surface area contributed by atoms with Crippen LogP contribution in [-0.4, -0.2) is 43.5 Å². The molecule has 0 atom stereocenters. The molecule has 0 spiro atoms. The van der Waals surface area contributed by atoms with Gasteiger partial charge in [0.25, 0.3) is 5.91 Å². The number of benzene rings is 2. The predicted octanol–water partition coefficient (Wildman–Crippen LogP) is 2.11.